The molecule has 0 atom stereocenters. The molecule has 0 unspecified atom stereocenters. The van der Waals surface area contributed by atoms with Gasteiger partial charge in [-0.1, -0.05) is 12.1 Å². The molecule has 0 aliphatic heterocycles. The summed E-state index contributed by atoms with van der Waals surface area (Å²) in [7, 11) is -2.74. The molecule has 1 aliphatic carbocycles. The van der Waals surface area contributed by atoms with E-state index in [9.17, 15) is 22.8 Å². The molecular weight excluding hydrogens is 490 g/mol. The number of fused-ring (bicyclic) bond motifs is 1. The molecule has 2 amide bonds. The van der Waals surface area contributed by atoms with Gasteiger partial charge >= 0.3 is 6.09 Å². The van der Waals surface area contributed by atoms with Gasteiger partial charge in [-0.25, -0.2) is 22.9 Å². The Morgan fingerprint density at radius 3 is 2.56 bits per heavy atom. The molecule has 4 rings (SSSR count). The first kappa shape index (κ1) is 24.7. The molecule has 186 valence electrons. The summed E-state index contributed by atoms with van der Waals surface area (Å²) in [6.07, 6.45) is 0.132. The summed E-state index contributed by atoms with van der Waals surface area (Å²) in [6.45, 7) is -0.208. The Balaban J connectivity index is 1.56. The standard InChI is InChI=1S/C23H21N5O7S/c1-28-18-16(6-9-25-20(18)35-13-23(7-8-23)36(33,34)27-22(31)32)10-17(21(28)30)19(29)26-12-15-4-2-14(11-24)3-5-15/h2-6,9-10,27H,7-8,12-13H2,1H3,(H,26,29)(H,31,32). The Hall–Kier alpha value is -4.44. The van der Waals surface area contributed by atoms with Crippen LogP contribution >= 0.6 is 0 Å². The van der Waals surface area contributed by atoms with Crippen molar-refractivity contribution in [3.8, 4) is 11.9 Å². The lowest BCUT2D eigenvalue weighted by Crippen LogP contribution is -2.42. The van der Waals surface area contributed by atoms with Gasteiger partial charge in [-0.2, -0.15) is 5.26 Å². The summed E-state index contributed by atoms with van der Waals surface area (Å²) >= 11 is 0. The van der Waals surface area contributed by atoms with Crippen LogP contribution in [-0.4, -0.2) is 46.4 Å². The molecule has 3 N–H and O–H groups in total. The molecule has 2 heterocycles. The van der Waals surface area contributed by atoms with Crippen LogP contribution in [0, 0.1) is 11.3 Å². The van der Waals surface area contributed by atoms with Crippen molar-refractivity contribution >= 4 is 32.9 Å². The number of pyridine rings is 2. The first-order chi connectivity index (χ1) is 17.1. The van der Waals surface area contributed by atoms with Crippen molar-refractivity contribution in [3.63, 3.8) is 0 Å². The predicted molar refractivity (Wildman–Crippen MR) is 127 cm³/mol. The molecule has 36 heavy (non-hydrogen) atoms. The largest absolute Gasteiger partial charge is 0.474 e. The van der Waals surface area contributed by atoms with Crippen molar-refractivity contribution in [2.75, 3.05) is 6.61 Å². The smallest absolute Gasteiger partial charge is 0.418 e. The van der Waals surface area contributed by atoms with Crippen LogP contribution in [-0.2, 0) is 23.6 Å². The summed E-state index contributed by atoms with van der Waals surface area (Å²) in [5, 5.41) is 20.8. The SMILES string of the molecule is Cn1c(=O)c(C(=O)NCc2ccc(C#N)cc2)cc2ccnc(OCC3(S(=O)(=O)NC(=O)O)CC3)c21. The van der Waals surface area contributed by atoms with E-state index in [1.54, 1.807) is 30.3 Å². The number of nitrogens with zero attached hydrogens (tertiary/aromatic N) is 3. The van der Waals surface area contributed by atoms with E-state index in [0.717, 1.165) is 5.56 Å². The third-order valence-electron chi connectivity index (χ3n) is 5.94. The third-order valence-corrected chi connectivity index (χ3v) is 8.05. The number of nitriles is 1. The van der Waals surface area contributed by atoms with Crippen LogP contribution in [0.1, 0.15) is 34.3 Å². The van der Waals surface area contributed by atoms with Gasteiger partial charge in [-0.05, 0) is 42.7 Å². The van der Waals surface area contributed by atoms with E-state index in [1.807, 2.05) is 6.07 Å². The monoisotopic (exact) mass is 511 g/mol. The van der Waals surface area contributed by atoms with E-state index >= 15 is 0 Å². The normalized spacial score (nSPS) is 14.0. The minimum Gasteiger partial charge on any atom is -0.474 e. The minimum absolute atomic E-state index is 0.0200. The highest BCUT2D eigenvalue weighted by molar-refractivity contribution is 7.91. The average molecular weight is 512 g/mol. The highest BCUT2D eigenvalue weighted by Crippen LogP contribution is 2.43. The molecule has 12 nitrogen and oxygen atoms in total. The molecule has 1 aliphatic rings. The molecule has 0 radical (unpaired) electrons. The van der Waals surface area contributed by atoms with Gasteiger partial charge in [0.2, 0.25) is 15.9 Å². The van der Waals surface area contributed by atoms with Gasteiger partial charge in [-0.15, -0.1) is 0 Å². The zero-order chi connectivity index (χ0) is 26.1. The molecule has 1 fully saturated rings. The second-order valence-electron chi connectivity index (χ2n) is 8.35. The van der Waals surface area contributed by atoms with Gasteiger partial charge in [0.25, 0.3) is 11.5 Å². The van der Waals surface area contributed by atoms with Crippen molar-refractivity contribution in [3.05, 3.63) is 69.6 Å². The van der Waals surface area contributed by atoms with Gasteiger partial charge in [0, 0.05) is 25.2 Å². The predicted octanol–water partition coefficient (Wildman–Crippen LogP) is 1.24. The van der Waals surface area contributed by atoms with E-state index in [4.69, 9.17) is 15.1 Å². The molecule has 0 saturated heterocycles. The quantitative estimate of drug-likeness (QED) is 0.401. The van der Waals surface area contributed by atoms with E-state index in [1.165, 1.54) is 28.6 Å². The van der Waals surface area contributed by atoms with E-state index < -0.39 is 32.3 Å². The zero-order valence-electron chi connectivity index (χ0n) is 19.0. The second-order valence-corrected chi connectivity index (χ2v) is 10.4. The molecule has 13 heteroatoms. The van der Waals surface area contributed by atoms with Crippen LogP contribution in [0.2, 0.25) is 0 Å². The molecule has 0 spiro atoms. The Labute approximate surface area is 205 Å². The number of aromatic nitrogens is 2. The summed E-state index contributed by atoms with van der Waals surface area (Å²) in [5.41, 5.74) is 0.775. The molecule has 1 saturated carbocycles. The number of carbonyl (C=O) groups excluding carboxylic acids is 1. The fourth-order valence-corrected chi connectivity index (χ4v) is 5.00. The van der Waals surface area contributed by atoms with Crippen LogP contribution in [0.25, 0.3) is 10.9 Å². The van der Waals surface area contributed by atoms with Crippen LogP contribution in [0.15, 0.2) is 47.4 Å². The Kier molecular flexibility index (Phi) is 6.38. The molecular formula is C23H21N5O7S. The number of rotatable bonds is 8. The third kappa shape index (κ3) is 4.71. The van der Waals surface area contributed by atoms with E-state index in [2.05, 4.69) is 10.3 Å². The highest BCUT2D eigenvalue weighted by Gasteiger charge is 2.56. The highest BCUT2D eigenvalue weighted by atomic mass is 32.2. The van der Waals surface area contributed by atoms with Crippen molar-refractivity contribution in [1.82, 2.24) is 19.6 Å². The number of benzene rings is 1. The number of hydrogen-bond acceptors (Lipinski definition) is 8. The number of nitrogens with one attached hydrogen (secondary N) is 2. The Bertz CT molecular complexity index is 1570. The van der Waals surface area contributed by atoms with Gasteiger partial charge in [0.1, 0.15) is 22.4 Å². The Morgan fingerprint density at radius 1 is 1.25 bits per heavy atom. The number of aryl methyl sites for hydroxylation is 1. The molecule has 0 bridgehead atoms. The number of sulfonamides is 1. The molecule has 3 aromatic rings. The van der Waals surface area contributed by atoms with Gasteiger partial charge in [0.15, 0.2) is 0 Å². The lowest BCUT2D eigenvalue weighted by Gasteiger charge is -2.18. The van der Waals surface area contributed by atoms with Gasteiger partial charge in [-0.3, -0.25) is 9.59 Å². The van der Waals surface area contributed by atoms with Crippen LogP contribution < -0.4 is 20.3 Å². The second kappa shape index (κ2) is 9.31. The van der Waals surface area contributed by atoms with Crippen molar-refractivity contribution in [1.29, 1.82) is 5.26 Å². The van der Waals surface area contributed by atoms with Crippen molar-refractivity contribution in [2.45, 2.75) is 24.1 Å². The van der Waals surface area contributed by atoms with E-state index in [-0.39, 0.29) is 43.0 Å². The van der Waals surface area contributed by atoms with Gasteiger partial charge < -0.3 is 19.7 Å². The van der Waals surface area contributed by atoms with Crippen LogP contribution in [0.5, 0.6) is 5.88 Å². The van der Waals surface area contributed by atoms with Crippen LogP contribution in [0.4, 0.5) is 4.79 Å². The summed E-state index contributed by atoms with van der Waals surface area (Å²) in [4.78, 5) is 40.7. The zero-order valence-corrected chi connectivity index (χ0v) is 19.8. The summed E-state index contributed by atoms with van der Waals surface area (Å²) in [6, 6.07) is 11.6. The average Bonchev–Trinajstić information content (AvgIpc) is 3.65. The fraction of sp³-hybridized carbons (Fsp3) is 0.261. The first-order valence-electron chi connectivity index (χ1n) is 10.7. The Morgan fingerprint density at radius 2 is 1.94 bits per heavy atom. The number of carboxylic acid groups (broad SMARTS) is 1. The van der Waals surface area contributed by atoms with Crippen LogP contribution in [0.3, 0.4) is 0 Å². The van der Waals surface area contributed by atoms with Gasteiger partial charge in [0.05, 0.1) is 11.6 Å². The fourth-order valence-electron chi connectivity index (χ4n) is 3.70. The summed E-state index contributed by atoms with van der Waals surface area (Å²) in [5.74, 6) is -0.614. The lowest BCUT2D eigenvalue weighted by atomic mass is 10.1. The van der Waals surface area contributed by atoms with Crippen molar-refractivity contribution in [2.24, 2.45) is 7.05 Å². The first-order valence-corrected chi connectivity index (χ1v) is 12.2. The number of ether oxygens (including phenoxy) is 1. The topological polar surface area (TPSA) is 180 Å². The maximum absolute atomic E-state index is 13.0. The number of amides is 2. The minimum atomic E-state index is -4.18. The van der Waals surface area contributed by atoms with E-state index in [0.29, 0.717) is 10.9 Å². The molecule has 2 aromatic heterocycles. The lowest BCUT2D eigenvalue weighted by molar-refractivity contribution is 0.0949. The maximum atomic E-state index is 13.0. The maximum Gasteiger partial charge on any atom is 0.418 e. The summed E-state index contributed by atoms with van der Waals surface area (Å²) < 4.78 is 31.7. The number of carbonyl (C=O) groups is 2. The van der Waals surface area contributed by atoms with Crippen molar-refractivity contribution < 1.29 is 27.9 Å². The number of hydrogen-bond donors (Lipinski definition) is 3. The molecule has 1 aromatic carbocycles.